The lowest BCUT2D eigenvalue weighted by Crippen LogP contribution is -2.07. The van der Waals surface area contributed by atoms with E-state index < -0.39 is 5.63 Å². The molecule has 0 atom stereocenters. The van der Waals surface area contributed by atoms with Crippen molar-refractivity contribution < 1.29 is 9.52 Å². The van der Waals surface area contributed by atoms with Crippen molar-refractivity contribution >= 4 is 0 Å². The van der Waals surface area contributed by atoms with Crippen LogP contribution in [0.25, 0.3) is 0 Å². The summed E-state index contributed by atoms with van der Waals surface area (Å²) in [6.45, 7) is 5.51. The van der Waals surface area contributed by atoms with Crippen molar-refractivity contribution in [1.82, 2.24) is 0 Å². The van der Waals surface area contributed by atoms with Gasteiger partial charge in [0.15, 0.2) is 0 Å². The Labute approximate surface area is 82.7 Å². The monoisotopic (exact) mass is 194 g/mol. The van der Waals surface area contributed by atoms with E-state index in [0.29, 0.717) is 17.7 Å². The molecule has 1 heterocycles. The highest BCUT2D eigenvalue weighted by Gasteiger charge is 2.07. The molecule has 1 aromatic rings. The van der Waals surface area contributed by atoms with E-state index in [2.05, 4.69) is 0 Å². The molecule has 1 rings (SSSR count). The molecule has 1 aromatic heterocycles. The van der Waals surface area contributed by atoms with Gasteiger partial charge in [-0.15, -0.1) is 0 Å². The van der Waals surface area contributed by atoms with Crippen molar-refractivity contribution in [3.8, 4) is 5.75 Å². The third-order valence-corrected chi connectivity index (χ3v) is 1.86. The van der Waals surface area contributed by atoms with Crippen LogP contribution in [0.5, 0.6) is 5.75 Å². The molecule has 0 aliphatic heterocycles. The Hall–Kier alpha value is -1.51. The van der Waals surface area contributed by atoms with Crippen LogP contribution < -0.4 is 5.63 Å². The van der Waals surface area contributed by atoms with Crippen LogP contribution in [0, 0.1) is 6.92 Å². The quantitative estimate of drug-likeness (QED) is 0.734. The molecule has 0 saturated carbocycles. The van der Waals surface area contributed by atoms with E-state index >= 15 is 0 Å². The Bertz CT molecular complexity index is 409. The summed E-state index contributed by atoms with van der Waals surface area (Å²) in [7, 11) is 0. The van der Waals surface area contributed by atoms with E-state index in [1.54, 1.807) is 6.92 Å². The zero-order valence-corrected chi connectivity index (χ0v) is 8.63. The van der Waals surface area contributed by atoms with Crippen molar-refractivity contribution in [3.63, 3.8) is 0 Å². The van der Waals surface area contributed by atoms with E-state index in [9.17, 15) is 9.90 Å². The zero-order chi connectivity index (χ0) is 10.7. The molecule has 0 bridgehead atoms. The fourth-order valence-corrected chi connectivity index (χ4v) is 1.12. The molecule has 0 spiro atoms. The van der Waals surface area contributed by atoms with Crippen molar-refractivity contribution in [2.75, 3.05) is 0 Å². The van der Waals surface area contributed by atoms with Gasteiger partial charge in [-0.2, -0.15) is 0 Å². The topological polar surface area (TPSA) is 50.4 Å². The number of aryl methyl sites for hydroxylation is 1. The summed E-state index contributed by atoms with van der Waals surface area (Å²) in [4.78, 5) is 11.3. The third-order valence-electron chi connectivity index (χ3n) is 1.86. The van der Waals surface area contributed by atoms with Gasteiger partial charge >= 0.3 is 5.63 Å². The molecule has 14 heavy (non-hydrogen) atoms. The summed E-state index contributed by atoms with van der Waals surface area (Å²) in [5, 5.41) is 9.50. The van der Waals surface area contributed by atoms with Gasteiger partial charge in [0.05, 0.1) is 5.56 Å². The Morgan fingerprint density at radius 2 is 2.21 bits per heavy atom. The second-order valence-electron chi connectivity index (χ2n) is 3.49. The average Bonchev–Trinajstić information content (AvgIpc) is 2.01. The summed E-state index contributed by atoms with van der Waals surface area (Å²) in [6.07, 6.45) is 2.29. The lowest BCUT2D eigenvalue weighted by molar-refractivity contribution is 0.425. The Morgan fingerprint density at radius 3 is 2.71 bits per heavy atom. The van der Waals surface area contributed by atoms with Crippen LogP contribution in [0.3, 0.4) is 0 Å². The number of hydrogen-bond acceptors (Lipinski definition) is 3. The highest BCUT2D eigenvalue weighted by molar-refractivity contribution is 5.31. The summed E-state index contributed by atoms with van der Waals surface area (Å²) >= 11 is 0. The molecule has 0 aliphatic carbocycles. The largest absolute Gasteiger partial charge is 0.507 e. The summed E-state index contributed by atoms with van der Waals surface area (Å²) in [5.41, 5.74) is 0.959. The summed E-state index contributed by atoms with van der Waals surface area (Å²) in [6, 6.07) is 1.45. The predicted molar refractivity (Wildman–Crippen MR) is 54.5 cm³/mol. The molecule has 0 aromatic carbocycles. The van der Waals surface area contributed by atoms with Gasteiger partial charge in [0.2, 0.25) is 0 Å². The maximum absolute atomic E-state index is 11.3. The van der Waals surface area contributed by atoms with Crippen LogP contribution in [0.1, 0.15) is 25.2 Å². The molecule has 0 fully saturated rings. The van der Waals surface area contributed by atoms with Crippen LogP contribution in [0.15, 0.2) is 26.9 Å². The second kappa shape index (κ2) is 4.13. The van der Waals surface area contributed by atoms with E-state index in [1.807, 2.05) is 19.9 Å². The van der Waals surface area contributed by atoms with Crippen molar-refractivity contribution in [2.24, 2.45) is 0 Å². The normalized spacial score (nSPS) is 9.93. The molecule has 3 heteroatoms. The lowest BCUT2D eigenvalue weighted by atomic mass is 10.1. The molecule has 0 saturated heterocycles. The molecular formula is C11H14O3. The molecule has 3 nitrogen and oxygen atoms in total. The third kappa shape index (κ3) is 2.49. The first-order valence-corrected chi connectivity index (χ1v) is 4.46. The first-order chi connectivity index (χ1) is 6.50. The van der Waals surface area contributed by atoms with Gasteiger partial charge in [0, 0.05) is 12.5 Å². The van der Waals surface area contributed by atoms with Gasteiger partial charge in [-0.3, -0.25) is 0 Å². The predicted octanol–water partition coefficient (Wildman–Crippen LogP) is 2.16. The van der Waals surface area contributed by atoms with Gasteiger partial charge in [-0.1, -0.05) is 11.6 Å². The maximum atomic E-state index is 11.3. The second-order valence-corrected chi connectivity index (χ2v) is 3.49. The van der Waals surface area contributed by atoms with Gasteiger partial charge < -0.3 is 9.52 Å². The SMILES string of the molecule is CC(C)=CCc1c(O)cc(C)oc1=O. The van der Waals surface area contributed by atoms with Gasteiger partial charge in [0.1, 0.15) is 11.5 Å². The molecular weight excluding hydrogens is 180 g/mol. The molecule has 0 aliphatic rings. The van der Waals surface area contributed by atoms with Gasteiger partial charge in [-0.05, 0) is 20.8 Å². The van der Waals surface area contributed by atoms with Gasteiger partial charge in [-0.25, -0.2) is 4.79 Å². The van der Waals surface area contributed by atoms with E-state index in [0.717, 1.165) is 5.57 Å². The molecule has 0 radical (unpaired) electrons. The summed E-state index contributed by atoms with van der Waals surface area (Å²) < 4.78 is 4.88. The Kier molecular flexibility index (Phi) is 3.12. The van der Waals surface area contributed by atoms with E-state index in [-0.39, 0.29) is 5.75 Å². The summed E-state index contributed by atoms with van der Waals surface area (Å²) in [5.74, 6) is 0.435. The lowest BCUT2D eigenvalue weighted by Gasteiger charge is -2.00. The van der Waals surface area contributed by atoms with Crippen LogP contribution in [0.4, 0.5) is 0 Å². The first kappa shape index (κ1) is 10.6. The number of aromatic hydroxyl groups is 1. The van der Waals surface area contributed by atoms with Crippen molar-refractivity contribution in [3.05, 3.63) is 39.5 Å². The van der Waals surface area contributed by atoms with Crippen LogP contribution in [0.2, 0.25) is 0 Å². The fourth-order valence-electron chi connectivity index (χ4n) is 1.12. The van der Waals surface area contributed by atoms with E-state index in [1.165, 1.54) is 6.07 Å². The fraction of sp³-hybridized carbons (Fsp3) is 0.364. The zero-order valence-electron chi connectivity index (χ0n) is 8.63. The van der Waals surface area contributed by atoms with Crippen molar-refractivity contribution in [2.45, 2.75) is 27.2 Å². The van der Waals surface area contributed by atoms with Crippen LogP contribution >= 0.6 is 0 Å². The molecule has 0 unspecified atom stereocenters. The van der Waals surface area contributed by atoms with E-state index in [4.69, 9.17) is 4.42 Å². The Morgan fingerprint density at radius 1 is 1.57 bits per heavy atom. The molecule has 0 amide bonds. The highest BCUT2D eigenvalue weighted by atomic mass is 16.4. The number of allylic oxidation sites excluding steroid dienone is 2. The average molecular weight is 194 g/mol. The Balaban J connectivity index is 3.09. The first-order valence-electron chi connectivity index (χ1n) is 4.46. The standard InChI is InChI=1S/C11H14O3/c1-7(2)4-5-9-10(12)6-8(3)14-11(9)13/h4,6,12H,5H2,1-3H3. The molecule has 1 N–H and O–H groups in total. The smallest absolute Gasteiger partial charge is 0.343 e. The van der Waals surface area contributed by atoms with Crippen LogP contribution in [-0.2, 0) is 6.42 Å². The number of hydrogen-bond donors (Lipinski definition) is 1. The number of rotatable bonds is 2. The van der Waals surface area contributed by atoms with Crippen molar-refractivity contribution in [1.29, 1.82) is 0 Å². The minimum atomic E-state index is -0.458. The molecule has 76 valence electrons. The maximum Gasteiger partial charge on any atom is 0.343 e. The van der Waals surface area contributed by atoms with Crippen LogP contribution in [-0.4, -0.2) is 5.11 Å². The highest BCUT2D eigenvalue weighted by Crippen LogP contribution is 2.15. The minimum Gasteiger partial charge on any atom is -0.507 e. The minimum absolute atomic E-state index is 0.0104. The van der Waals surface area contributed by atoms with Gasteiger partial charge in [0.25, 0.3) is 0 Å².